The predicted molar refractivity (Wildman–Crippen MR) is 90.3 cm³/mol. The van der Waals surface area contributed by atoms with Gasteiger partial charge in [-0.25, -0.2) is 9.78 Å². The van der Waals surface area contributed by atoms with Gasteiger partial charge in [0.1, 0.15) is 11.4 Å². The van der Waals surface area contributed by atoms with E-state index in [-0.39, 0.29) is 18.5 Å². The largest absolute Gasteiger partial charge is 0.383 e. The van der Waals surface area contributed by atoms with E-state index in [0.29, 0.717) is 12.1 Å². The van der Waals surface area contributed by atoms with Crippen LogP contribution in [-0.2, 0) is 19.2 Å². The van der Waals surface area contributed by atoms with Crippen LogP contribution in [0.3, 0.4) is 0 Å². The maximum atomic E-state index is 11.9. The van der Waals surface area contributed by atoms with Crippen molar-refractivity contribution in [2.45, 2.75) is 32.9 Å². The van der Waals surface area contributed by atoms with Gasteiger partial charge >= 0.3 is 6.03 Å². The van der Waals surface area contributed by atoms with Gasteiger partial charge in [0.2, 0.25) is 0 Å². The molecule has 0 aliphatic heterocycles. The quantitative estimate of drug-likeness (QED) is 0.697. The van der Waals surface area contributed by atoms with Gasteiger partial charge in [0.15, 0.2) is 0 Å². The third kappa shape index (κ3) is 4.82. The standard InChI is InChI=1S/C16H26N6O2/c1-12(9-22-6-5-17-13(22)2)7-18-15(23)19-11-16(3,24)14-8-20-21(4)10-14/h5-6,8,10,12,24H,7,9,11H2,1-4H3,(H2,18,19,23). The van der Waals surface area contributed by atoms with Crippen LogP contribution in [0.15, 0.2) is 24.8 Å². The molecule has 2 rings (SSSR count). The lowest BCUT2D eigenvalue weighted by Gasteiger charge is -2.22. The number of carbonyl (C=O) groups is 1. The number of nitrogens with one attached hydrogen (secondary N) is 2. The van der Waals surface area contributed by atoms with Crippen LogP contribution < -0.4 is 10.6 Å². The summed E-state index contributed by atoms with van der Waals surface area (Å²) in [5.74, 6) is 1.22. The number of urea groups is 1. The highest BCUT2D eigenvalue weighted by Gasteiger charge is 2.25. The van der Waals surface area contributed by atoms with Crippen molar-refractivity contribution in [3.63, 3.8) is 0 Å². The predicted octanol–water partition coefficient (Wildman–Crippen LogP) is 0.768. The molecule has 0 saturated carbocycles. The van der Waals surface area contributed by atoms with Crippen molar-refractivity contribution in [3.05, 3.63) is 36.2 Å². The molecule has 0 radical (unpaired) electrons. The molecular weight excluding hydrogens is 308 g/mol. The Balaban J connectivity index is 1.74. The first-order valence-electron chi connectivity index (χ1n) is 7.99. The van der Waals surface area contributed by atoms with Crippen molar-refractivity contribution in [1.29, 1.82) is 0 Å². The molecule has 2 amide bonds. The van der Waals surface area contributed by atoms with Crippen LogP contribution in [0.5, 0.6) is 0 Å². The molecule has 2 aromatic rings. The summed E-state index contributed by atoms with van der Waals surface area (Å²) >= 11 is 0. The van der Waals surface area contributed by atoms with Crippen LogP contribution in [0.4, 0.5) is 4.79 Å². The number of amides is 2. The SMILES string of the molecule is Cc1nccn1CC(C)CNC(=O)NCC(C)(O)c1cnn(C)c1. The second kappa shape index (κ2) is 7.48. The van der Waals surface area contributed by atoms with Crippen LogP contribution in [0.1, 0.15) is 25.2 Å². The Labute approximate surface area is 141 Å². The van der Waals surface area contributed by atoms with Crippen molar-refractivity contribution in [2.24, 2.45) is 13.0 Å². The van der Waals surface area contributed by atoms with Crippen LogP contribution in [0.2, 0.25) is 0 Å². The van der Waals surface area contributed by atoms with Gasteiger partial charge in [0, 0.05) is 44.3 Å². The maximum absolute atomic E-state index is 11.9. The molecule has 2 heterocycles. The van der Waals surface area contributed by atoms with E-state index in [2.05, 4.69) is 32.2 Å². The molecule has 2 aromatic heterocycles. The van der Waals surface area contributed by atoms with Crippen LogP contribution in [-0.4, -0.2) is 43.6 Å². The van der Waals surface area contributed by atoms with Gasteiger partial charge in [-0.3, -0.25) is 4.68 Å². The van der Waals surface area contributed by atoms with Gasteiger partial charge in [0.05, 0.1) is 12.7 Å². The Hall–Kier alpha value is -2.35. The molecule has 0 aliphatic carbocycles. The van der Waals surface area contributed by atoms with Gasteiger partial charge in [-0.15, -0.1) is 0 Å². The molecule has 8 heteroatoms. The van der Waals surface area contributed by atoms with E-state index < -0.39 is 5.60 Å². The monoisotopic (exact) mass is 334 g/mol. The fourth-order valence-corrected chi connectivity index (χ4v) is 2.38. The molecule has 2 unspecified atom stereocenters. The topological polar surface area (TPSA) is 97.0 Å². The summed E-state index contributed by atoms with van der Waals surface area (Å²) in [6.45, 7) is 7.10. The zero-order valence-electron chi connectivity index (χ0n) is 14.7. The van der Waals surface area contributed by atoms with E-state index >= 15 is 0 Å². The lowest BCUT2D eigenvalue weighted by molar-refractivity contribution is 0.0593. The Morgan fingerprint density at radius 2 is 2.21 bits per heavy atom. The molecule has 8 nitrogen and oxygen atoms in total. The van der Waals surface area contributed by atoms with Gasteiger partial charge in [-0.2, -0.15) is 5.10 Å². The Morgan fingerprint density at radius 3 is 2.79 bits per heavy atom. The number of hydrogen-bond acceptors (Lipinski definition) is 4. The van der Waals surface area contributed by atoms with Crippen LogP contribution in [0.25, 0.3) is 0 Å². The minimum atomic E-state index is -1.16. The molecule has 0 saturated heterocycles. The molecule has 0 aromatic carbocycles. The zero-order valence-corrected chi connectivity index (χ0v) is 14.7. The molecule has 24 heavy (non-hydrogen) atoms. The minimum absolute atomic E-state index is 0.111. The van der Waals surface area contributed by atoms with Crippen molar-refractivity contribution >= 4 is 6.03 Å². The summed E-state index contributed by atoms with van der Waals surface area (Å²) in [5.41, 5.74) is -0.500. The highest BCUT2D eigenvalue weighted by molar-refractivity contribution is 5.73. The van der Waals surface area contributed by atoms with E-state index in [1.807, 2.05) is 13.1 Å². The second-order valence-corrected chi connectivity index (χ2v) is 6.47. The summed E-state index contributed by atoms with van der Waals surface area (Å²) in [6, 6.07) is -0.298. The zero-order chi connectivity index (χ0) is 17.7. The molecule has 0 fully saturated rings. The van der Waals surface area contributed by atoms with Crippen LogP contribution in [0, 0.1) is 12.8 Å². The third-order valence-corrected chi connectivity index (χ3v) is 3.96. The average Bonchev–Trinajstić information content (AvgIpc) is 3.13. The third-order valence-electron chi connectivity index (χ3n) is 3.96. The summed E-state index contributed by atoms with van der Waals surface area (Å²) < 4.78 is 3.67. The van der Waals surface area contributed by atoms with Crippen molar-refractivity contribution < 1.29 is 9.90 Å². The molecule has 132 valence electrons. The lowest BCUT2D eigenvalue weighted by Crippen LogP contribution is -2.44. The number of aliphatic hydroxyl groups is 1. The number of aryl methyl sites for hydroxylation is 2. The Kier molecular flexibility index (Phi) is 5.61. The first-order valence-corrected chi connectivity index (χ1v) is 7.99. The molecular formula is C16H26N6O2. The maximum Gasteiger partial charge on any atom is 0.314 e. The van der Waals surface area contributed by atoms with Crippen molar-refractivity contribution in [2.75, 3.05) is 13.1 Å². The lowest BCUT2D eigenvalue weighted by atomic mass is 10.00. The molecule has 0 aliphatic rings. The van der Waals surface area contributed by atoms with Crippen LogP contribution >= 0.6 is 0 Å². The number of imidazole rings is 1. The van der Waals surface area contributed by atoms with E-state index in [9.17, 15) is 9.90 Å². The minimum Gasteiger partial charge on any atom is -0.383 e. The van der Waals surface area contributed by atoms with E-state index in [0.717, 1.165) is 12.4 Å². The summed E-state index contributed by atoms with van der Waals surface area (Å²) in [5, 5.41) is 20.0. The van der Waals surface area contributed by atoms with Gasteiger partial charge in [-0.1, -0.05) is 6.92 Å². The fraction of sp³-hybridized carbons (Fsp3) is 0.562. The van der Waals surface area contributed by atoms with Crippen molar-refractivity contribution in [3.8, 4) is 0 Å². The number of carbonyl (C=O) groups excluding carboxylic acids is 1. The van der Waals surface area contributed by atoms with Crippen molar-refractivity contribution in [1.82, 2.24) is 30.0 Å². The summed E-state index contributed by atoms with van der Waals surface area (Å²) in [7, 11) is 1.78. The molecule has 2 atom stereocenters. The average molecular weight is 334 g/mol. The summed E-state index contributed by atoms with van der Waals surface area (Å²) in [4.78, 5) is 16.1. The highest BCUT2D eigenvalue weighted by Crippen LogP contribution is 2.18. The van der Waals surface area contributed by atoms with E-state index in [4.69, 9.17) is 0 Å². The second-order valence-electron chi connectivity index (χ2n) is 6.47. The summed E-state index contributed by atoms with van der Waals surface area (Å²) in [6.07, 6.45) is 7.02. The molecule has 0 bridgehead atoms. The number of aromatic nitrogens is 4. The smallest absolute Gasteiger partial charge is 0.314 e. The number of nitrogens with zero attached hydrogens (tertiary/aromatic N) is 4. The Bertz CT molecular complexity index is 676. The first-order chi connectivity index (χ1) is 11.3. The van der Waals surface area contributed by atoms with E-state index in [1.165, 1.54) is 0 Å². The normalized spacial score (nSPS) is 14.9. The van der Waals surface area contributed by atoms with Gasteiger partial charge in [0.25, 0.3) is 0 Å². The van der Waals surface area contributed by atoms with Gasteiger partial charge < -0.3 is 20.3 Å². The molecule has 3 N–H and O–H groups in total. The molecule has 0 spiro atoms. The fourth-order valence-electron chi connectivity index (χ4n) is 2.38. The van der Waals surface area contributed by atoms with Gasteiger partial charge in [-0.05, 0) is 19.8 Å². The Morgan fingerprint density at radius 1 is 1.46 bits per heavy atom. The van der Waals surface area contributed by atoms with E-state index in [1.54, 1.807) is 37.2 Å². The number of rotatable bonds is 7. The highest BCUT2D eigenvalue weighted by atomic mass is 16.3. The number of hydrogen-bond donors (Lipinski definition) is 3. The first kappa shape index (κ1) is 18.0.